The van der Waals surface area contributed by atoms with Gasteiger partial charge in [-0.2, -0.15) is 18.3 Å². The Morgan fingerprint density at radius 1 is 1.42 bits per heavy atom. The van der Waals surface area contributed by atoms with Crippen LogP contribution in [-0.2, 0) is 19.1 Å². The predicted octanol–water partition coefficient (Wildman–Crippen LogP) is 2.46. The first kappa shape index (κ1) is 16.3. The zero-order valence-corrected chi connectivity index (χ0v) is 12.9. The molecule has 1 N–H and O–H groups in total. The molecule has 0 spiro atoms. The van der Waals surface area contributed by atoms with Crippen molar-refractivity contribution in [1.29, 1.82) is 0 Å². The third kappa shape index (κ3) is 3.19. The molecule has 2 heterocycles. The summed E-state index contributed by atoms with van der Waals surface area (Å²) in [6.45, 7) is 2.45. The second-order valence-electron chi connectivity index (χ2n) is 5.67. The average molecular weight is 339 g/mol. The fraction of sp³-hybridized carbons (Fsp3) is 0.400. The van der Waals surface area contributed by atoms with Crippen molar-refractivity contribution >= 4 is 11.7 Å². The normalized spacial score (nSPS) is 15.2. The van der Waals surface area contributed by atoms with Gasteiger partial charge in [0.1, 0.15) is 12.7 Å². The summed E-state index contributed by atoms with van der Waals surface area (Å²) < 4.78 is 40.7. The van der Waals surface area contributed by atoms with E-state index < -0.39 is 17.8 Å². The number of amides is 2. The molecule has 0 saturated carbocycles. The lowest BCUT2D eigenvalue weighted by atomic mass is 10.0. The molecule has 9 heteroatoms. The van der Waals surface area contributed by atoms with E-state index in [1.165, 1.54) is 23.6 Å². The molecule has 0 fully saturated rings. The molecule has 1 aromatic carbocycles. The van der Waals surface area contributed by atoms with E-state index in [1.807, 2.05) is 0 Å². The molecule has 6 nitrogen and oxygen atoms in total. The predicted molar refractivity (Wildman–Crippen MR) is 80.5 cm³/mol. The van der Waals surface area contributed by atoms with E-state index in [0.717, 1.165) is 6.07 Å². The average Bonchev–Trinajstić information content (AvgIpc) is 3.14. The van der Waals surface area contributed by atoms with E-state index in [1.54, 1.807) is 17.7 Å². The van der Waals surface area contributed by atoms with E-state index in [-0.39, 0.29) is 24.6 Å². The van der Waals surface area contributed by atoms with Gasteiger partial charge in [-0.1, -0.05) is 6.07 Å². The fourth-order valence-corrected chi connectivity index (χ4v) is 2.85. The van der Waals surface area contributed by atoms with Crippen molar-refractivity contribution in [1.82, 2.24) is 20.1 Å². The molecule has 24 heavy (non-hydrogen) atoms. The SMILES string of the molecule is C[C@@H](Cn1cncn1)NC(=O)N1CCc2c1cccc2C(F)(F)F. The number of nitrogens with zero attached hydrogens (tertiary/aromatic N) is 4. The quantitative estimate of drug-likeness (QED) is 0.934. The highest BCUT2D eigenvalue weighted by Crippen LogP contribution is 2.39. The Morgan fingerprint density at radius 2 is 2.21 bits per heavy atom. The van der Waals surface area contributed by atoms with Gasteiger partial charge in [-0.15, -0.1) is 0 Å². The summed E-state index contributed by atoms with van der Waals surface area (Å²) in [4.78, 5) is 17.6. The molecule has 1 aliphatic rings. The molecular formula is C15H16F3N5O. The van der Waals surface area contributed by atoms with Gasteiger partial charge in [-0.3, -0.25) is 9.58 Å². The van der Waals surface area contributed by atoms with Crippen LogP contribution < -0.4 is 10.2 Å². The van der Waals surface area contributed by atoms with Crippen LogP contribution in [0.25, 0.3) is 0 Å². The maximum atomic E-state index is 13.1. The zero-order valence-electron chi connectivity index (χ0n) is 12.9. The van der Waals surface area contributed by atoms with Crippen molar-refractivity contribution in [2.75, 3.05) is 11.4 Å². The van der Waals surface area contributed by atoms with Crippen LogP contribution in [0, 0.1) is 0 Å². The molecular weight excluding hydrogens is 323 g/mol. The monoisotopic (exact) mass is 339 g/mol. The number of nitrogens with one attached hydrogen (secondary N) is 1. The number of carbonyl (C=O) groups is 1. The minimum atomic E-state index is -4.42. The van der Waals surface area contributed by atoms with Gasteiger partial charge in [-0.05, 0) is 31.0 Å². The number of carbonyl (C=O) groups excluding carboxylic acids is 1. The number of aromatic nitrogens is 3. The number of hydrogen-bond acceptors (Lipinski definition) is 3. The summed E-state index contributed by atoms with van der Waals surface area (Å²) >= 11 is 0. The summed E-state index contributed by atoms with van der Waals surface area (Å²) in [6, 6.07) is 3.26. The fourth-order valence-electron chi connectivity index (χ4n) is 2.85. The van der Waals surface area contributed by atoms with Crippen LogP contribution in [0.15, 0.2) is 30.9 Å². The van der Waals surface area contributed by atoms with Crippen LogP contribution in [0.2, 0.25) is 0 Å². The van der Waals surface area contributed by atoms with E-state index in [0.29, 0.717) is 12.2 Å². The molecule has 0 saturated heterocycles. The highest BCUT2D eigenvalue weighted by Gasteiger charge is 2.37. The van der Waals surface area contributed by atoms with Gasteiger partial charge in [0.15, 0.2) is 0 Å². The lowest BCUT2D eigenvalue weighted by Crippen LogP contribution is -2.44. The third-order valence-corrected chi connectivity index (χ3v) is 3.88. The van der Waals surface area contributed by atoms with Crippen LogP contribution in [0.4, 0.5) is 23.7 Å². The first-order valence-corrected chi connectivity index (χ1v) is 7.46. The van der Waals surface area contributed by atoms with Crippen molar-refractivity contribution in [3.63, 3.8) is 0 Å². The Morgan fingerprint density at radius 3 is 2.88 bits per heavy atom. The van der Waals surface area contributed by atoms with Gasteiger partial charge < -0.3 is 5.32 Å². The number of fused-ring (bicyclic) bond motifs is 1. The molecule has 3 rings (SSSR count). The molecule has 2 aromatic rings. The molecule has 128 valence electrons. The van der Waals surface area contributed by atoms with Gasteiger partial charge in [0, 0.05) is 18.3 Å². The van der Waals surface area contributed by atoms with Crippen LogP contribution in [-0.4, -0.2) is 33.4 Å². The van der Waals surface area contributed by atoms with Crippen molar-refractivity contribution in [3.8, 4) is 0 Å². The Hall–Kier alpha value is -2.58. The number of rotatable bonds is 3. The summed E-state index contributed by atoms with van der Waals surface area (Å²) in [5, 5.41) is 6.73. The van der Waals surface area contributed by atoms with Crippen LogP contribution in [0.1, 0.15) is 18.1 Å². The lowest BCUT2D eigenvalue weighted by molar-refractivity contribution is -0.138. The summed E-state index contributed by atoms with van der Waals surface area (Å²) in [5.74, 6) is 0. The molecule has 1 aromatic heterocycles. The number of hydrogen-bond donors (Lipinski definition) is 1. The highest BCUT2D eigenvalue weighted by atomic mass is 19.4. The maximum Gasteiger partial charge on any atom is 0.416 e. The van der Waals surface area contributed by atoms with Crippen molar-refractivity contribution in [2.45, 2.75) is 32.1 Å². The standard InChI is InChI=1S/C15H16F3N5O/c1-10(7-22-9-19-8-20-22)21-14(24)23-6-5-11-12(15(16,17)18)3-2-4-13(11)23/h2-4,8-10H,5-7H2,1H3,(H,21,24)/t10-/m0/s1. The summed E-state index contributed by atoms with van der Waals surface area (Å²) in [6.07, 6.45) is -1.30. The maximum absolute atomic E-state index is 13.1. The minimum Gasteiger partial charge on any atom is -0.333 e. The van der Waals surface area contributed by atoms with E-state index in [9.17, 15) is 18.0 Å². The lowest BCUT2D eigenvalue weighted by Gasteiger charge is -2.22. The Kier molecular flexibility index (Phi) is 4.16. The summed E-state index contributed by atoms with van der Waals surface area (Å²) in [7, 11) is 0. The van der Waals surface area contributed by atoms with Gasteiger partial charge in [0.2, 0.25) is 0 Å². The molecule has 1 aliphatic heterocycles. The summed E-state index contributed by atoms with van der Waals surface area (Å²) in [5.41, 5.74) is -0.190. The molecule has 0 unspecified atom stereocenters. The van der Waals surface area contributed by atoms with E-state index in [2.05, 4.69) is 15.4 Å². The van der Waals surface area contributed by atoms with Crippen molar-refractivity contribution < 1.29 is 18.0 Å². The van der Waals surface area contributed by atoms with E-state index >= 15 is 0 Å². The van der Waals surface area contributed by atoms with Gasteiger partial charge in [0.25, 0.3) is 0 Å². The molecule has 0 aliphatic carbocycles. The van der Waals surface area contributed by atoms with Crippen LogP contribution >= 0.6 is 0 Å². The molecule has 0 bridgehead atoms. The van der Waals surface area contributed by atoms with Crippen molar-refractivity contribution in [3.05, 3.63) is 42.0 Å². The van der Waals surface area contributed by atoms with Crippen molar-refractivity contribution in [2.24, 2.45) is 0 Å². The van der Waals surface area contributed by atoms with Gasteiger partial charge in [0.05, 0.1) is 12.1 Å². The van der Waals surface area contributed by atoms with Gasteiger partial charge in [-0.25, -0.2) is 9.78 Å². The topological polar surface area (TPSA) is 63.1 Å². The number of urea groups is 1. The molecule has 0 radical (unpaired) electrons. The minimum absolute atomic E-state index is 0.170. The first-order valence-electron chi connectivity index (χ1n) is 7.46. The largest absolute Gasteiger partial charge is 0.416 e. The third-order valence-electron chi connectivity index (χ3n) is 3.88. The first-order chi connectivity index (χ1) is 11.4. The number of benzene rings is 1. The molecule has 1 atom stereocenters. The Balaban J connectivity index is 1.73. The second kappa shape index (κ2) is 6.14. The number of anilines is 1. The Bertz CT molecular complexity index is 729. The number of alkyl halides is 3. The van der Waals surface area contributed by atoms with E-state index in [4.69, 9.17) is 0 Å². The zero-order chi connectivity index (χ0) is 17.3. The molecule has 2 amide bonds. The second-order valence-corrected chi connectivity index (χ2v) is 5.67. The highest BCUT2D eigenvalue weighted by molar-refractivity contribution is 5.94. The smallest absolute Gasteiger partial charge is 0.333 e. The number of halogens is 3. The Labute approximate surface area is 136 Å². The van der Waals surface area contributed by atoms with Crippen LogP contribution in [0.5, 0.6) is 0 Å². The van der Waals surface area contributed by atoms with Gasteiger partial charge >= 0.3 is 12.2 Å². The van der Waals surface area contributed by atoms with Crippen LogP contribution in [0.3, 0.4) is 0 Å².